The number of nitrogens with zero attached hydrogens (tertiary/aromatic N) is 1. The zero-order valence-electron chi connectivity index (χ0n) is 14.0. The van der Waals surface area contributed by atoms with Crippen LogP contribution < -0.4 is 11.1 Å². The van der Waals surface area contributed by atoms with Crippen LogP contribution in [0.3, 0.4) is 0 Å². The SMILES string of the molecule is CCOC(=O)c1ccc(NC2N=C3C(C)CC3CC2C)c(N)c1. The van der Waals surface area contributed by atoms with Crippen molar-refractivity contribution < 1.29 is 9.53 Å². The molecule has 1 aromatic rings. The van der Waals surface area contributed by atoms with E-state index >= 15 is 0 Å². The van der Waals surface area contributed by atoms with E-state index in [4.69, 9.17) is 15.5 Å². The van der Waals surface area contributed by atoms with E-state index in [0.29, 0.717) is 35.6 Å². The fourth-order valence-electron chi connectivity index (χ4n) is 3.59. The van der Waals surface area contributed by atoms with Crippen LogP contribution >= 0.6 is 0 Å². The number of ether oxygens (including phenoxy) is 1. The largest absolute Gasteiger partial charge is 0.462 e. The average Bonchev–Trinajstić information content (AvgIpc) is 2.51. The molecule has 0 radical (unpaired) electrons. The first-order valence-corrected chi connectivity index (χ1v) is 8.40. The zero-order chi connectivity index (χ0) is 16.6. The van der Waals surface area contributed by atoms with Gasteiger partial charge in [0.15, 0.2) is 0 Å². The molecular weight excluding hydrogens is 290 g/mol. The van der Waals surface area contributed by atoms with Crippen LogP contribution in [-0.4, -0.2) is 24.5 Å². The highest BCUT2D eigenvalue weighted by molar-refractivity contribution is 5.95. The summed E-state index contributed by atoms with van der Waals surface area (Å²) in [4.78, 5) is 16.6. The molecule has 1 fully saturated rings. The van der Waals surface area contributed by atoms with Gasteiger partial charge in [0, 0.05) is 5.71 Å². The second-order valence-corrected chi connectivity index (χ2v) is 6.71. The van der Waals surface area contributed by atoms with Crippen molar-refractivity contribution in [2.75, 3.05) is 17.7 Å². The van der Waals surface area contributed by atoms with Crippen LogP contribution in [0.1, 0.15) is 44.0 Å². The monoisotopic (exact) mass is 315 g/mol. The maximum atomic E-state index is 11.8. The smallest absolute Gasteiger partial charge is 0.338 e. The van der Waals surface area contributed by atoms with Crippen molar-refractivity contribution >= 4 is 23.1 Å². The van der Waals surface area contributed by atoms with Gasteiger partial charge < -0.3 is 15.8 Å². The van der Waals surface area contributed by atoms with Gasteiger partial charge in [-0.15, -0.1) is 0 Å². The van der Waals surface area contributed by atoms with Crippen LogP contribution in [0.15, 0.2) is 23.2 Å². The first kappa shape index (κ1) is 15.8. The van der Waals surface area contributed by atoms with Crippen LogP contribution in [0.5, 0.6) is 0 Å². The van der Waals surface area contributed by atoms with Crippen molar-refractivity contribution in [1.29, 1.82) is 0 Å². The Morgan fingerprint density at radius 2 is 2.17 bits per heavy atom. The molecule has 0 bridgehead atoms. The number of nitrogen functional groups attached to an aromatic ring is 1. The number of anilines is 2. The zero-order valence-corrected chi connectivity index (χ0v) is 14.0. The lowest BCUT2D eigenvalue weighted by atomic mass is 9.68. The van der Waals surface area contributed by atoms with E-state index in [9.17, 15) is 4.79 Å². The third-order valence-corrected chi connectivity index (χ3v) is 4.91. The highest BCUT2D eigenvalue weighted by Crippen LogP contribution is 2.41. The van der Waals surface area contributed by atoms with Crippen LogP contribution in [0, 0.1) is 17.8 Å². The van der Waals surface area contributed by atoms with Crippen molar-refractivity contribution in [3.05, 3.63) is 23.8 Å². The highest BCUT2D eigenvalue weighted by atomic mass is 16.5. The van der Waals surface area contributed by atoms with E-state index in [1.165, 1.54) is 18.6 Å². The number of carbonyl (C=O) groups is 1. The number of esters is 1. The molecule has 1 aliphatic heterocycles. The van der Waals surface area contributed by atoms with E-state index in [-0.39, 0.29) is 12.1 Å². The lowest BCUT2D eigenvalue weighted by Gasteiger charge is -2.43. The maximum Gasteiger partial charge on any atom is 0.338 e. The summed E-state index contributed by atoms with van der Waals surface area (Å²) in [5.74, 6) is 1.42. The number of hydrogen-bond acceptors (Lipinski definition) is 5. The standard InChI is InChI=1S/C18H25N3O2/c1-4-23-18(22)12-5-6-15(14(19)9-12)20-17-11(3)8-13-7-10(2)16(13)21-17/h5-6,9-11,13,17,20H,4,7-8,19H2,1-3H3. The Morgan fingerprint density at radius 1 is 1.39 bits per heavy atom. The molecule has 1 saturated carbocycles. The van der Waals surface area contributed by atoms with E-state index in [1.54, 1.807) is 19.1 Å². The summed E-state index contributed by atoms with van der Waals surface area (Å²) in [7, 11) is 0. The summed E-state index contributed by atoms with van der Waals surface area (Å²) in [6.07, 6.45) is 2.51. The summed E-state index contributed by atoms with van der Waals surface area (Å²) < 4.78 is 5.00. The van der Waals surface area contributed by atoms with Gasteiger partial charge in [-0.3, -0.25) is 4.99 Å². The number of rotatable bonds is 4. The van der Waals surface area contributed by atoms with Crippen LogP contribution in [-0.2, 0) is 4.74 Å². The molecule has 4 atom stereocenters. The molecule has 3 N–H and O–H groups in total. The number of aliphatic imine (C=N–C) groups is 1. The molecule has 1 aromatic carbocycles. The van der Waals surface area contributed by atoms with E-state index < -0.39 is 0 Å². The lowest BCUT2D eigenvalue weighted by molar-refractivity contribution is 0.0526. The van der Waals surface area contributed by atoms with Gasteiger partial charge in [-0.2, -0.15) is 0 Å². The molecule has 2 aliphatic rings. The second kappa shape index (κ2) is 6.22. The average molecular weight is 315 g/mol. The van der Waals surface area contributed by atoms with Crippen LogP contribution in [0.25, 0.3) is 0 Å². The van der Waals surface area contributed by atoms with Crippen molar-refractivity contribution in [2.24, 2.45) is 22.7 Å². The van der Waals surface area contributed by atoms with E-state index in [0.717, 1.165) is 5.69 Å². The topological polar surface area (TPSA) is 76.7 Å². The number of fused-ring (bicyclic) bond motifs is 1. The quantitative estimate of drug-likeness (QED) is 0.660. The predicted octanol–water partition coefficient (Wildman–Crippen LogP) is 3.32. The Balaban J connectivity index is 1.75. The summed E-state index contributed by atoms with van der Waals surface area (Å²) in [5, 5.41) is 3.44. The fraction of sp³-hybridized carbons (Fsp3) is 0.556. The fourth-order valence-corrected chi connectivity index (χ4v) is 3.59. The minimum atomic E-state index is -0.344. The number of benzene rings is 1. The van der Waals surface area contributed by atoms with Gasteiger partial charge in [0.2, 0.25) is 0 Å². The minimum Gasteiger partial charge on any atom is -0.462 e. The van der Waals surface area contributed by atoms with Crippen molar-refractivity contribution in [3.8, 4) is 0 Å². The Kier molecular flexibility index (Phi) is 4.28. The van der Waals surface area contributed by atoms with Crippen LogP contribution in [0.2, 0.25) is 0 Å². The lowest BCUT2D eigenvalue weighted by Crippen LogP contribution is -2.45. The van der Waals surface area contributed by atoms with Gasteiger partial charge in [-0.1, -0.05) is 13.8 Å². The molecule has 5 nitrogen and oxygen atoms in total. The molecular formula is C18H25N3O2. The molecule has 0 spiro atoms. The molecule has 1 aliphatic carbocycles. The Morgan fingerprint density at radius 3 is 2.83 bits per heavy atom. The highest BCUT2D eigenvalue weighted by Gasteiger charge is 2.40. The van der Waals surface area contributed by atoms with Gasteiger partial charge in [0.25, 0.3) is 0 Å². The predicted molar refractivity (Wildman–Crippen MR) is 92.7 cm³/mol. The number of hydrogen-bond donors (Lipinski definition) is 2. The molecule has 3 rings (SSSR count). The van der Waals surface area contributed by atoms with Crippen LogP contribution in [0.4, 0.5) is 11.4 Å². The van der Waals surface area contributed by atoms with Gasteiger partial charge in [0.05, 0.1) is 23.5 Å². The normalized spacial score (nSPS) is 29.1. The van der Waals surface area contributed by atoms with Crippen molar-refractivity contribution in [3.63, 3.8) is 0 Å². The number of nitrogens with one attached hydrogen (secondary N) is 1. The molecule has 5 heteroatoms. The van der Waals surface area contributed by atoms with E-state index in [1.807, 2.05) is 6.07 Å². The van der Waals surface area contributed by atoms with Crippen molar-refractivity contribution in [1.82, 2.24) is 0 Å². The summed E-state index contributed by atoms with van der Waals surface area (Å²) >= 11 is 0. The molecule has 0 aromatic heterocycles. The van der Waals surface area contributed by atoms with E-state index in [2.05, 4.69) is 19.2 Å². The first-order valence-electron chi connectivity index (χ1n) is 8.40. The van der Waals surface area contributed by atoms with Gasteiger partial charge in [-0.25, -0.2) is 4.79 Å². The molecule has 124 valence electrons. The maximum absolute atomic E-state index is 11.8. The minimum absolute atomic E-state index is 0.0553. The Hall–Kier alpha value is -2.04. The second-order valence-electron chi connectivity index (χ2n) is 6.71. The molecule has 0 amide bonds. The first-order chi connectivity index (χ1) is 11.0. The third-order valence-electron chi connectivity index (χ3n) is 4.91. The van der Waals surface area contributed by atoms with Crippen molar-refractivity contribution in [2.45, 2.75) is 39.8 Å². The Labute approximate surface area is 137 Å². The third kappa shape index (κ3) is 3.05. The molecule has 1 heterocycles. The summed E-state index contributed by atoms with van der Waals surface area (Å²) in [5.41, 5.74) is 9.30. The number of nitrogens with two attached hydrogens (primary N) is 1. The summed E-state index contributed by atoms with van der Waals surface area (Å²) in [6, 6.07) is 5.24. The number of carbonyl (C=O) groups excluding carboxylic acids is 1. The van der Waals surface area contributed by atoms with Gasteiger partial charge in [-0.05, 0) is 55.7 Å². The van der Waals surface area contributed by atoms with Gasteiger partial charge >= 0.3 is 5.97 Å². The molecule has 0 saturated heterocycles. The summed E-state index contributed by atoms with van der Waals surface area (Å²) in [6.45, 7) is 6.61. The Bertz CT molecular complexity index is 641. The van der Waals surface area contributed by atoms with Gasteiger partial charge in [0.1, 0.15) is 6.17 Å². The molecule has 4 unspecified atom stereocenters. The molecule has 23 heavy (non-hydrogen) atoms.